The number of rotatable bonds is 3. The molecule has 0 spiro atoms. The van der Waals surface area contributed by atoms with E-state index in [2.05, 4.69) is 10.1 Å². The molecular weight excluding hydrogens is 166 g/mol. The maximum absolute atomic E-state index is 5.48. The van der Waals surface area contributed by atoms with Crippen LogP contribution in [0.4, 0.5) is 11.9 Å². The van der Waals surface area contributed by atoms with Crippen LogP contribution in [0.3, 0.4) is 0 Å². The van der Waals surface area contributed by atoms with E-state index in [4.69, 9.17) is 23.1 Å². The quantitative estimate of drug-likeness (QED) is 0.637. The van der Waals surface area contributed by atoms with Crippen molar-refractivity contribution in [3.63, 3.8) is 0 Å². The first-order valence-electron chi connectivity index (χ1n) is 3.26. The van der Waals surface area contributed by atoms with Crippen molar-refractivity contribution in [2.45, 2.75) is 13.0 Å². The number of anilines is 2. The van der Waals surface area contributed by atoms with Gasteiger partial charge in [0.05, 0.1) is 0 Å². The van der Waals surface area contributed by atoms with Gasteiger partial charge in [0.1, 0.15) is 0 Å². The molecule has 1 aromatic rings. The third kappa shape index (κ3) is 1.98. The van der Waals surface area contributed by atoms with Gasteiger partial charge in [0.15, 0.2) is 0 Å². The van der Waals surface area contributed by atoms with E-state index in [1.54, 1.807) is 0 Å². The Morgan fingerprint density at radius 3 is 2.64 bits per heavy atom. The van der Waals surface area contributed by atoms with Gasteiger partial charge in [0.2, 0.25) is 11.9 Å². The van der Waals surface area contributed by atoms with Crippen LogP contribution in [0, 0.1) is 0 Å². The average molecular weight is 176 g/mol. The average Bonchev–Trinajstić information content (AvgIpc) is 2.26. The summed E-state index contributed by atoms with van der Waals surface area (Å²) in [5.74, 6) is 1.13. The summed E-state index contributed by atoms with van der Waals surface area (Å²) in [7, 11) is 0. The van der Waals surface area contributed by atoms with Gasteiger partial charge >= 0.3 is 0 Å². The summed E-state index contributed by atoms with van der Waals surface area (Å²) < 4.78 is 1.54. The van der Waals surface area contributed by atoms with Crippen molar-refractivity contribution in [3.8, 4) is 0 Å². The highest BCUT2D eigenvalue weighted by Crippen LogP contribution is 2.02. The minimum Gasteiger partial charge on any atom is -0.368 e. The molecule has 0 atom stereocenters. The first-order chi connectivity index (χ1) is 5.24. The highest BCUT2D eigenvalue weighted by Gasteiger charge is 2.01. The van der Waals surface area contributed by atoms with Gasteiger partial charge in [-0.2, -0.15) is 4.98 Å². The van der Waals surface area contributed by atoms with Crippen LogP contribution >= 0.6 is 11.6 Å². The lowest BCUT2D eigenvalue weighted by atomic mass is 10.5. The number of aryl methyl sites for hydroxylation is 1. The zero-order valence-electron chi connectivity index (χ0n) is 6.00. The van der Waals surface area contributed by atoms with Gasteiger partial charge in [-0.3, -0.25) is 0 Å². The van der Waals surface area contributed by atoms with Crippen molar-refractivity contribution in [2.75, 3.05) is 17.3 Å². The molecule has 0 amide bonds. The standard InChI is InChI=1S/C5H10ClN5/c6-2-1-3-11-5(8)9-4(7)10-11/h1-3H2,(H4,7,8,9,10). The fraction of sp³-hybridized carbons (Fsp3) is 0.600. The van der Waals surface area contributed by atoms with Gasteiger partial charge < -0.3 is 11.5 Å². The van der Waals surface area contributed by atoms with Crippen LogP contribution < -0.4 is 11.5 Å². The topological polar surface area (TPSA) is 82.7 Å². The maximum atomic E-state index is 5.48. The second-order valence-electron chi connectivity index (χ2n) is 2.09. The molecule has 0 fully saturated rings. The largest absolute Gasteiger partial charge is 0.368 e. The number of nitrogens with zero attached hydrogens (tertiary/aromatic N) is 3. The molecule has 0 radical (unpaired) electrons. The number of nitrogen functional groups attached to an aromatic ring is 2. The van der Waals surface area contributed by atoms with Gasteiger partial charge in [-0.05, 0) is 6.42 Å². The fourth-order valence-corrected chi connectivity index (χ4v) is 0.866. The molecule has 0 aromatic carbocycles. The molecule has 1 heterocycles. The normalized spacial score (nSPS) is 10.3. The second kappa shape index (κ2) is 3.43. The first-order valence-corrected chi connectivity index (χ1v) is 3.79. The molecule has 0 bridgehead atoms. The Morgan fingerprint density at radius 2 is 2.18 bits per heavy atom. The molecule has 0 saturated carbocycles. The van der Waals surface area contributed by atoms with Crippen LogP contribution in [-0.4, -0.2) is 20.6 Å². The maximum Gasteiger partial charge on any atom is 0.241 e. The van der Waals surface area contributed by atoms with Crippen LogP contribution in [0.1, 0.15) is 6.42 Å². The summed E-state index contributed by atoms with van der Waals surface area (Å²) in [6.45, 7) is 0.666. The number of alkyl halides is 1. The summed E-state index contributed by atoms with van der Waals surface area (Å²) >= 11 is 5.48. The molecule has 0 aliphatic carbocycles. The molecule has 0 aliphatic rings. The summed E-state index contributed by atoms with van der Waals surface area (Å²) in [6.07, 6.45) is 0.814. The lowest BCUT2D eigenvalue weighted by Gasteiger charge is -1.97. The number of hydrogen-bond donors (Lipinski definition) is 2. The van der Waals surface area contributed by atoms with Gasteiger partial charge in [0, 0.05) is 12.4 Å². The lowest BCUT2D eigenvalue weighted by molar-refractivity contribution is 0.615. The van der Waals surface area contributed by atoms with Crippen molar-refractivity contribution in [1.29, 1.82) is 0 Å². The summed E-state index contributed by atoms with van der Waals surface area (Å²) in [5, 5.41) is 3.85. The monoisotopic (exact) mass is 175 g/mol. The van der Waals surface area contributed by atoms with Crippen LogP contribution in [-0.2, 0) is 6.54 Å². The van der Waals surface area contributed by atoms with Crippen molar-refractivity contribution in [1.82, 2.24) is 14.8 Å². The molecule has 1 aromatic heterocycles. The Hall–Kier alpha value is -0.970. The predicted octanol–water partition coefficient (Wildman–Crippen LogP) is 0.0714. The van der Waals surface area contributed by atoms with Gasteiger partial charge in [-0.1, -0.05) is 0 Å². The molecule has 0 saturated heterocycles. The Morgan fingerprint density at radius 1 is 1.45 bits per heavy atom. The minimum absolute atomic E-state index is 0.206. The SMILES string of the molecule is Nc1nc(N)n(CCCCl)n1. The van der Waals surface area contributed by atoms with Crippen molar-refractivity contribution < 1.29 is 0 Å². The van der Waals surface area contributed by atoms with Crippen LogP contribution in [0.5, 0.6) is 0 Å². The molecular formula is C5H10ClN5. The lowest BCUT2D eigenvalue weighted by Crippen LogP contribution is -2.05. The highest BCUT2D eigenvalue weighted by molar-refractivity contribution is 6.17. The smallest absolute Gasteiger partial charge is 0.241 e. The number of aromatic nitrogens is 3. The summed E-state index contributed by atoms with van der Waals surface area (Å²) in [5.41, 5.74) is 10.7. The minimum atomic E-state index is 0.206. The van der Waals surface area contributed by atoms with Crippen LogP contribution in [0.2, 0.25) is 0 Å². The predicted molar refractivity (Wildman–Crippen MR) is 44.2 cm³/mol. The molecule has 5 nitrogen and oxygen atoms in total. The summed E-state index contributed by atoms with van der Waals surface area (Å²) in [4.78, 5) is 3.73. The molecule has 0 aliphatic heterocycles. The van der Waals surface area contributed by atoms with E-state index in [0.29, 0.717) is 18.4 Å². The molecule has 4 N–H and O–H groups in total. The molecule has 6 heteroatoms. The van der Waals surface area contributed by atoms with E-state index < -0.39 is 0 Å². The van der Waals surface area contributed by atoms with E-state index >= 15 is 0 Å². The van der Waals surface area contributed by atoms with E-state index in [1.807, 2.05) is 0 Å². The number of halogens is 1. The molecule has 11 heavy (non-hydrogen) atoms. The van der Waals surface area contributed by atoms with Gasteiger partial charge in [-0.15, -0.1) is 16.7 Å². The first kappa shape index (κ1) is 8.13. The van der Waals surface area contributed by atoms with E-state index in [1.165, 1.54) is 4.68 Å². The Bertz CT molecular complexity index is 233. The van der Waals surface area contributed by atoms with Gasteiger partial charge in [-0.25, -0.2) is 4.68 Å². The Balaban J connectivity index is 2.62. The second-order valence-corrected chi connectivity index (χ2v) is 2.47. The zero-order valence-corrected chi connectivity index (χ0v) is 6.75. The third-order valence-electron chi connectivity index (χ3n) is 1.22. The molecule has 0 unspecified atom stereocenters. The number of hydrogen-bond acceptors (Lipinski definition) is 4. The van der Waals surface area contributed by atoms with E-state index in [0.717, 1.165) is 6.42 Å². The third-order valence-corrected chi connectivity index (χ3v) is 1.49. The van der Waals surface area contributed by atoms with E-state index in [9.17, 15) is 0 Å². The van der Waals surface area contributed by atoms with Crippen LogP contribution in [0.25, 0.3) is 0 Å². The number of nitrogens with two attached hydrogens (primary N) is 2. The zero-order chi connectivity index (χ0) is 8.27. The van der Waals surface area contributed by atoms with Crippen molar-refractivity contribution in [2.24, 2.45) is 0 Å². The van der Waals surface area contributed by atoms with E-state index in [-0.39, 0.29) is 5.95 Å². The Kier molecular flexibility index (Phi) is 2.53. The van der Waals surface area contributed by atoms with Gasteiger partial charge in [0.25, 0.3) is 0 Å². The van der Waals surface area contributed by atoms with Crippen LogP contribution in [0.15, 0.2) is 0 Å². The highest BCUT2D eigenvalue weighted by atomic mass is 35.5. The molecule has 62 valence electrons. The summed E-state index contributed by atoms with van der Waals surface area (Å²) in [6, 6.07) is 0. The Labute approximate surface area is 69.3 Å². The van der Waals surface area contributed by atoms with Crippen molar-refractivity contribution in [3.05, 3.63) is 0 Å². The van der Waals surface area contributed by atoms with Crippen molar-refractivity contribution >= 4 is 23.5 Å². The molecule has 1 rings (SSSR count). The fourth-order valence-electron chi connectivity index (χ4n) is 0.746.